The van der Waals surface area contributed by atoms with Crippen LogP contribution in [-0.4, -0.2) is 83.3 Å². The van der Waals surface area contributed by atoms with Crippen molar-refractivity contribution in [2.45, 2.75) is 6.18 Å². The van der Waals surface area contributed by atoms with Crippen LogP contribution in [0.1, 0.15) is 27.0 Å². The first-order valence-electron chi connectivity index (χ1n) is 13.5. The Morgan fingerprint density at radius 1 is 0.659 bits per heavy atom. The van der Waals surface area contributed by atoms with Gasteiger partial charge in [-0.15, -0.1) is 0 Å². The number of carbonyl (C=O) groups is 2. The van der Waals surface area contributed by atoms with Crippen LogP contribution in [0.2, 0.25) is 0 Å². The van der Waals surface area contributed by atoms with Gasteiger partial charge in [-0.2, -0.15) is 13.2 Å². The molecule has 0 atom stereocenters. The van der Waals surface area contributed by atoms with E-state index >= 15 is 0 Å². The van der Waals surface area contributed by atoms with Crippen molar-refractivity contribution in [3.63, 3.8) is 0 Å². The molecule has 0 aromatic heterocycles. The predicted molar refractivity (Wildman–Crippen MR) is 157 cm³/mol. The SMILES string of the molecule is COc1ccc(/C(=C\C(=O)N2CCN(C(=O)c3cc(OC)c(OC)c(OC)c3)CC2)c2cccc(C(F)(F)F)c2)cc1OC. The highest BCUT2D eigenvalue weighted by Crippen LogP contribution is 2.39. The third kappa shape index (κ3) is 6.85. The second kappa shape index (κ2) is 13.6. The first kappa shape index (κ1) is 32.1. The minimum absolute atomic E-state index is 0.205. The van der Waals surface area contributed by atoms with E-state index in [0.717, 1.165) is 12.1 Å². The monoisotopic (exact) mass is 614 g/mol. The molecule has 1 aliphatic heterocycles. The smallest absolute Gasteiger partial charge is 0.416 e. The lowest BCUT2D eigenvalue weighted by Crippen LogP contribution is -2.50. The summed E-state index contributed by atoms with van der Waals surface area (Å²) < 4.78 is 67.4. The summed E-state index contributed by atoms with van der Waals surface area (Å²) >= 11 is 0. The van der Waals surface area contributed by atoms with Gasteiger partial charge in [-0.1, -0.05) is 18.2 Å². The third-order valence-corrected chi connectivity index (χ3v) is 7.25. The minimum atomic E-state index is -4.57. The van der Waals surface area contributed by atoms with E-state index in [-0.39, 0.29) is 43.2 Å². The molecule has 0 bridgehead atoms. The standard InChI is InChI=1S/C32H33F3N2O7/c1-40-25-10-9-21(16-26(25)41-2)24(20-7-6-8-23(15-20)32(33,34)35)19-29(38)36-11-13-37(14-12-36)31(39)22-17-27(42-3)30(44-5)28(18-22)43-4/h6-10,15-19H,11-14H2,1-5H3/b24-19-. The Morgan fingerprint density at radius 3 is 1.75 bits per heavy atom. The van der Waals surface area contributed by atoms with E-state index in [0.29, 0.717) is 39.9 Å². The molecule has 1 aliphatic rings. The lowest BCUT2D eigenvalue weighted by Gasteiger charge is -2.34. The zero-order valence-corrected chi connectivity index (χ0v) is 25.0. The zero-order valence-electron chi connectivity index (χ0n) is 25.0. The highest BCUT2D eigenvalue weighted by molar-refractivity contribution is 6.00. The predicted octanol–water partition coefficient (Wildman–Crippen LogP) is 5.16. The molecule has 0 saturated carbocycles. The fourth-order valence-corrected chi connectivity index (χ4v) is 4.93. The molecule has 0 aliphatic carbocycles. The average Bonchev–Trinajstić information content (AvgIpc) is 3.05. The second-order valence-corrected chi connectivity index (χ2v) is 9.74. The Kier molecular flexibility index (Phi) is 9.92. The Morgan fingerprint density at radius 2 is 1.20 bits per heavy atom. The molecule has 0 N–H and O–H groups in total. The van der Waals surface area contributed by atoms with Crippen LogP contribution < -0.4 is 23.7 Å². The van der Waals surface area contributed by atoms with Gasteiger partial charge >= 0.3 is 6.18 Å². The number of alkyl halides is 3. The number of methoxy groups -OCH3 is 5. The van der Waals surface area contributed by atoms with Gasteiger partial charge in [-0.05, 0) is 53.1 Å². The number of benzene rings is 3. The molecule has 3 aromatic carbocycles. The largest absolute Gasteiger partial charge is 0.493 e. The molecule has 12 heteroatoms. The molecule has 234 valence electrons. The Bertz CT molecular complexity index is 1520. The first-order chi connectivity index (χ1) is 21.0. The Balaban J connectivity index is 1.60. The van der Waals surface area contributed by atoms with Gasteiger partial charge in [0.25, 0.3) is 5.91 Å². The molecule has 0 unspecified atom stereocenters. The molecule has 4 rings (SSSR count). The molecule has 0 radical (unpaired) electrons. The highest BCUT2D eigenvalue weighted by atomic mass is 19.4. The van der Waals surface area contributed by atoms with Crippen LogP contribution >= 0.6 is 0 Å². The van der Waals surface area contributed by atoms with Crippen molar-refractivity contribution in [2.24, 2.45) is 0 Å². The molecule has 3 aromatic rings. The highest BCUT2D eigenvalue weighted by Gasteiger charge is 2.31. The lowest BCUT2D eigenvalue weighted by molar-refractivity contribution is -0.137. The van der Waals surface area contributed by atoms with Gasteiger partial charge in [0.1, 0.15) is 0 Å². The van der Waals surface area contributed by atoms with Crippen LogP contribution in [-0.2, 0) is 11.0 Å². The van der Waals surface area contributed by atoms with Gasteiger partial charge in [-0.3, -0.25) is 9.59 Å². The molecule has 1 saturated heterocycles. The van der Waals surface area contributed by atoms with Crippen LogP contribution in [0, 0.1) is 0 Å². The molecule has 44 heavy (non-hydrogen) atoms. The summed E-state index contributed by atoms with van der Waals surface area (Å²) in [5, 5.41) is 0. The topological polar surface area (TPSA) is 86.8 Å². The van der Waals surface area contributed by atoms with Crippen molar-refractivity contribution in [2.75, 3.05) is 61.7 Å². The summed E-state index contributed by atoms with van der Waals surface area (Å²) in [4.78, 5) is 30.0. The van der Waals surface area contributed by atoms with Gasteiger partial charge < -0.3 is 33.5 Å². The summed E-state index contributed by atoms with van der Waals surface area (Å²) in [5.41, 5.74) is 0.438. The van der Waals surface area contributed by atoms with Crippen molar-refractivity contribution in [1.29, 1.82) is 0 Å². The number of ether oxygens (including phenoxy) is 5. The van der Waals surface area contributed by atoms with E-state index in [1.807, 2.05) is 0 Å². The van der Waals surface area contributed by atoms with Gasteiger partial charge in [0.15, 0.2) is 23.0 Å². The summed E-state index contributed by atoms with van der Waals surface area (Å²) in [6, 6.07) is 12.8. The van der Waals surface area contributed by atoms with Gasteiger partial charge in [0.2, 0.25) is 11.7 Å². The maximum Gasteiger partial charge on any atom is 0.416 e. The summed E-state index contributed by atoms with van der Waals surface area (Å²) in [5.74, 6) is 1.14. The third-order valence-electron chi connectivity index (χ3n) is 7.25. The van der Waals surface area contributed by atoms with E-state index in [4.69, 9.17) is 23.7 Å². The number of piperazine rings is 1. The fraction of sp³-hybridized carbons (Fsp3) is 0.312. The molecule has 1 fully saturated rings. The average molecular weight is 615 g/mol. The van der Waals surface area contributed by atoms with Crippen LogP contribution in [0.5, 0.6) is 28.7 Å². The number of hydrogen-bond acceptors (Lipinski definition) is 7. The van der Waals surface area contributed by atoms with E-state index in [1.165, 1.54) is 53.8 Å². The summed E-state index contributed by atoms with van der Waals surface area (Å²) in [7, 11) is 7.30. The van der Waals surface area contributed by atoms with Gasteiger partial charge in [0.05, 0.1) is 41.1 Å². The van der Waals surface area contributed by atoms with E-state index in [9.17, 15) is 22.8 Å². The molecule has 1 heterocycles. The van der Waals surface area contributed by atoms with Crippen LogP contribution in [0.4, 0.5) is 13.2 Å². The summed E-state index contributed by atoms with van der Waals surface area (Å²) in [6.45, 7) is 0.912. The van der Waals surface area contributed by atoms with Gasteiger partial charge in [0, 0.05) is 37.8 Å². The van der Waals surface area contributed by atoms with Crippen LogP contribution in [0.25, 0.3) is 5.57 Å². The number of rotatable bonds is 9. The van der Waals surface area contributed by atoms with E-state index < -0.39 is 17.6 Å². The fourth-order valence-electron chi connectivity index (χ4n) is 4.93. The normalized spacial score (nSPS) is 13.8. The van der Waals surface area contributed by atoms with Crippen molar-refractivity contribution in [3.8, 4) is 28.7 Å². The van der Waals surface area contributed by atoms with E-state index in [2.05, 4.69) is 0 Å². The van der Waals surface area contributed by atoms with Crippen molar-refractivity contribution in [1.82, 2.24) is 9.80 Å². The van der Waals surface area contributed by atoms with Gasteiger partial charge in [-0.25, -0.2) is 0 Å². The number of nitrogens with zero attached hydrogens (tertiary/aromatic N) is 2. The summed E-state index contributed by atoms with van der Waals surface area (Å²) in [6.07, 6.45) is -3.25. The minimum Gasteiger partial charge on any atom is -0.493 e. The second-order valence-electron chi connectivity index (χ2n) is 9.74. The zero-order chi connectivity index (χ0) is 32.0. The number of hydrogen-bond donors (Lipinski definition) is 0. The lowest BCUT2D eigenvalue weighted by atomic mass is 9.95. The van der Waals surface area contributed by atoms with Crippen molar-refractivity contribution in [3.05, 3.63) is 82.9 Å². The first-order valence-corrected chi connectivity index (χ1v) is 13.5. The Labute approximate surface area is 253 Å². The maximum atomic E-state index is 13.6. The molecule has 0 spiro atoms. The molecule has 9 nitrogen and oxygen atoms in total. The van der Waals surface area contributed by atoms with E-state index in [1.54, 1.807) is 40.1 Å². The maximum absolute atomic E-state index is 13.6. The van der Waals surface area contributed by atoms with Crippen LogP contribution in [0.15, 0.2) is 60.7 Å². The quantitative estimate of drug-likeness (QED) is 0.308. The van der Waals surface area contributed by atoms with Crippen molar-refractivity contribution < 1.29 is 46.4 Å². The number of amides is 2. The number of halogens is 3. The number of carbonyl (C=O) groups excluding carboxylic acids is 2. The molecular formula is C32H33F3N2O7. The van der Waals surface area contributed by atoms with Crippen LogP contribution in [0.3, 0.4) is 0 Å². The van der Waals surface area contributed by atoms with Crippen molar-refractivity contribution >= 4 is 17.4 Å². The Hall–Kier alpha value is -4.87. The molecule has 2 amide bonds. The molecular weight excluding hydrogens is 581 g/mol.